The Morgan fingerprint density at radius 2 is 1.00 bits per heavy atom. The highest BCUT2D eigenvalue weighted by molar-refractivity contribution is 6.08. The van der Waals surface area contributed by atoms with Gasteiger partial charge in [-0.1, -0.05) is 105 Å². The summed E-state index contributed by atoms with van der Waals surface area (Å²) in [7, 11) is 0. The topological polar surface area (TPSA) is 146 Å². The summed E-state index contributed by atoms with van der Waals surface area (Å²) in [6.07, 6.45) is 0. The van der Waals surface area contributed by atoms with Crippen molar-refractivity contribution in [1.82, 2.24) is 39.9 Å². The molecule has 0 spiro atoms. The fraction of sp³-hybridized carbons (Fsp3) is 0.267. The maximum atomic E-state index is 12.2. The molecule has 7 aromatic rings. The molecule has 5 heterocycles. The SMILES string of the molecule is CC(C)(C)c1ccc2c(c1)-c1nc-2nc2[nH]c(nc3nc(nc4[nH]c(n1)c1cc(C(C)(C)C)ccc41)-c1cc(C(=O)O)ccc1-3)c1c(C(C)(C)C)cccc21. The van der Waals surface area contributed by atoms with E-state index in [2.05, 4.69) is 127 Å². The minimum atomic E-state index is -1.04. The highest BCUT2D eigenvalue weighted by atomic mass is 16.4. The Morgan fingerprint density at radius 1 is 0.491 bits per heavy atom. The van der Waals surface area contributed by atoms with E-state index in [1.54, 1.807) is 18.2 Å². The number of fused-ring (bicyclic) bond motifs is 20. The van der Waals surface area contributed by atoms with Gasteiger partial charge < -0.3 is 15.1 Å². The molecule has 9 rings (SSSR count). The van der Waals surface area contributed by atoms with E-state index in [0.29, 0.717) is 57.0 Å². The molecule has 4 aromatic carbocycles. The monoisotopic (exact) mass is 726 g/mol. The van der Waals surface area contributed by atoms with Crippen LogP contribution >= 0.6 is 0 Å². The van der Waals surface area contributed by atoms with Gasteiger partial charge in [0.05, 0.1) is 5.56 Å². The molecule has 10 heteroatoms. The lowest BCUT2D eigenvalue weighted by molar-refractivity contribution is 0.0697. The number of carbonyl (C=O) groups is 1. The summed E-state index contributed by atoms with van der Waals surface area (Å²) < 4.78 is 0. The predicted octanol–water partition coefficient (Wildman–Crippen LogP) is 10.5. The number of nitrogens with zero attached hydrogens (tertiary/aromatic N) is 6. The summed E-state index contributed by atoms with van der Waals surface area (Å²) in [6.45, 7) is 19.7. The molecule has 0 aliphatic carbocycles. The van der Waals surface area contributed by atoms with Gasteiger partial charge >= 0.3 is 5.97 Å². The smallest absolute Gasteiger partial charge is 0.335 e. The fourth-order valence-electron chi connectivity index (χ4n) is 7.53. The number of benzene rings is 4. The van der Waals surface area contributed by atoms with Gasteiger partial charge in [0.2, 0.25) is 0 Å². The number of nitrogens with one attached hydrogen (secondary N) is 2. The second kappa shape index (κ2) is 11.6. The lowest BCUT2D eigenvalue weighted by atomic mass is 9.84. The van der Waals surface area contributed by atoms with E-state index in [4.69, 9.17) is 29.9 Å². The second-order valence-electron chi connectivity index (χ2n) is 17.7. The largest absolute Gasteiger partial charge is 0.478 e. The van der Waals surface area contributed by atoms with Crippen LogP contribution in [0, 0.1) is 0 Å². The molecule has 8 bridgehead atoms. The van der Waals surface area contributed by atoms with E-state index in [-0.39, 0.29) is 21.8 Å². The first kappa shape index (κ1) is 34.5. The molecule has 0 saturated heterocycles. The summed E-state index contributed by atoms with van der Waals surface area (Å²) in [4.78, 5) is 50.2. The zero-order chi connectivity index (χ0) is 38.8. The van der Waals surface area contributed by atoms with Crippen molar-refractivity contribution in [3.8, 4) is 45.6 Å². The lowest BCUT2D eigenvalue weighted by Gasteiger charge is -2.20. The molecule has 55 heavy (non-hydrogen) atoms. The van der Waals surface area contributed by atoms with Crippen LogP contribution in [-0.2, 0) is 16.2 Å². The zero-order valence-electron chi connectivity index (χ0n) is 32.5. The number of hydrogen-bond donors (Lipinski definition) is 3. The molecule has 0 amide bonds. The minimum absolute atomic E-state index is 0.105. The molecule has 2 aliphatic heterocycles. The minimum Gasteiger partial charge on any atom is -0.478 e. The summed E-state index contributed by atoms with van der Waals surface area (Å²) in [5.41, 5.74) is 8.51. The molecule has 2 aliphatic rings. The normalized spacial score (nSPS) is 13.0. The molecule has 274 valence electrons. The predicted molar refractivity (Wildman–Crippen MR) is 219 cm³/mol. The third-order valence-corrected chi connectivity index (χ3v) is 10.6. The number of H-pyrrole nitrogens is 2. The molecule has 0 unspecified atom stereocenters. The average molecular weight is 727 g/mol. The maximum Gasteiger partial charge on any atom is 0.335 e. The quantitative estimate of drug-likeness (QED) is 0.151. The van der Waals surface area contributed by atoms with Crippen LogP contribution in [0.15, 0.2) is 72.8 Å². The number of rotatable bonds is 1. The van der Waals surface area contributed by atoms with Crippen molar-refractivity contribution in [3.63, 3.8) is 0 Å². The van der Waals surface area contributed by atoms with Crippen LogP contribution in [0.1, 0.15) is 89.4 Å². The van der Waals surface area contributed by atoms with E-state index >= 15 is 0 Å². The molecular weight excluding hydrogens is 685 g/mol. The summed E-state index contributed by atoms with van der Waals surface area (Å²) in [6, 6.07) is 23.9. The Balaban J connectivity index is 1.49. The molecular formula is C45H42N8O2. The number of carboxylic acids is 1. The lowest BCUT2D eigenvalue weighted by Crippen LogP contribution is -2.11. The third-order valence-electron chi connectivity index (χ3n) is 10.6. The first-order valence-corrected chi connectivity index (χ1v) is 18.6. The van der Waals surface area contributed by atoms with Gasteiger partial charge in [-0.2, -0.15) is 0 Å². The molecule has 3 N–H and O–H groups in total. The van der Waals surface area contributed by atoms with E-state index < -0.39 is 5.97 Å². The molecule has 10 nitrogen and oxygen atoms in total. The van der Waals surface area contributed by atoms with Gasteiger partial charge in [0.15, 0.2) is 23.3 Å². The standard InChI is InChI=1S/C45H42N8O2/c1-43(2,3)23-14-17-26-30(20-23)39-48-34(26)46-37-28-11-10-12-32(45(7,8)9)33(28)41(53-37)52-36-25-16-13-22(42(54)55)19-29(25)38(50-36)47-35-27-18-15-24(44(4,5)6)21-31(27)40(49-35)51-39/h10-21H,1-9H3,(H,54,55)(H2,46,47,48,49,50,51,52,53). The van der Waals surface area contributed by atoms with Crippen LogP contribution in [0.2, 0.25) is 0 Å². The van der Waals surface area contributed by atoms with Gasteiger partial charge in [-0.05, 0) is 63.3 Å². The van der Waals surface area contributed by atoms with Crippen LogP contribution in [0.25, 0.3) is 89.7 Å². The Labute approximate surface area is 318 Å². The van der Waals surface area contributed by atoms with Gasteiger partial charge in [0.1, 0.15) is 22.6 Å². The Kier molecular flexibility index (Phi) is 7.27. The van der Waals surface area contributed by atoms with Crippen molar-refractivity contribution in [2.75, 3.05) is 0 Å². The molecule has 0 atom stereocenters. The van der Waals surface area contributed by atoms with Gasteiger partial charge in [-0.25, -0.2) is 34.7 Å². The molecule has 3 aromatic heterocycles. The van der Waals surface area contributed by atoms with Crippen LogP contribution in [0.5, 0.6) is 0 Å². The maximum absolute atomic E-state index is 12.2. The second-order valence-corrected chi connectivity index (χ2v) is 17.7. The number of aromatic nitrogens is 8. The Hall–Kier alpha value is -6.29. The third kappa shape index (κ3) is 5.66. The van der Waals surface area contributed by atoms with Crippen LogP contribution < -0.4 is 0 Å². The number of aromatic amines is 2. The van der Waals surface area contributed by atoms with Crippen molar-refractivity contribution < 1.29 is 9.90 Å². The van der Waals surface area contributed by atoms with Crippen molar-refractivity contribution in [2.45, 2.75) is 78.6 Å². The van der Waals surface area contributed by atoms with E-state index in [0.717, 1.165) is 49.4 Å². The summed E-state index contributed by atoms with van der Waals surface area (Å²) in [5, 5.41) is 13.6. The summed E-state index contributed by atoms with van der Waals surface area (Å²) in [5.74, 6) is 0.829. The zero-order valence-corrected chi connectivity index (χ0v) is 32.5. The summed E-state index contributed by atoms with van der Waals surface area (Å²) >= 11 is 0. The van der Waals surface area contributed by atoms with Crippen LogP contribution in [-0.4, -0.2) is 50.9 Å². The number of hydrogen-bond acceptors (Lipinski definition) is 7. The van der Waals surface area contributed by atoms with Gasteiger partial charge in [0, 0.05) is 43.8 Å². The Bertz CT molecular complexity index is 2970. The van der Waals surface area contributed by atoms with E-state index in [1.807, 2.05) is 0 Å². The number of carboxylic acid groups (broad SMARTS) is 1. The van der Waals surface area contributed by atoms with Crippen molar-refractivity contribution in [1.29, 1.82) is 0 Å². The fourth-order valence-corrected chi connectivity index (χ4v) is 7.53. The average Bonchev–Trinajstić information content (AvgIpc) is 3.85. The van der Waals surface area contributed by atoms with Gasteiger partial charge in [-0.15, -0.1) is 0 Å². The van der Waals surface area contributed by atoms with E-state index in [9.17, 15) is 9.90 Å². The van der Waals surface area contributed by atoms with Gasteiger partial charge in [0.25, 0.3) is 0 Å². The molecule has 0 fully saturated rings. The molecule has 0 saturated carbocycles. The van der Waals surface area contributed by atoms with Crippen LogP contribution in [0.3, 0.4) is 0 Å². The highest BCUT2D eigenvalue weighted by Gasteiger charge is 2.27. The van der Waals surface area contributed by atoms with Crippen molar-refractivity contribution in [3.05, 3.63) is 95.1 Å². The van der Waals surface area contributed by atoms with Gasteiger partial charge in [-0.3, -0.25) is 0 Å². The highest BCUT2D eigenvalue weighted by Crippen LogP contribution is 2.41. The van der Waals surface area contributed by atoms with Crippen LogP contribution in [0.4, 0.5) is 0 Å². The Morgan fingerprint density at radius 3 is 1.62 bits per heavy atom. The van der Waals surface area contributed by atoms with Crippen molar-refractivity contribution in [2.24, 2.45) is 0 Å². The number of aromatic carboxylic acids is 1. The first-order valence-electron chi connectivity index (χ1n) is 18.6. The van der Waals surface area contributed by atoms with E-state index in [1.165, 1.54) is 0 Å². The van der Waals surface area contributed by atoms with Crippen molar-refractivity contribution >= 4 is 50.1 Å². The molecule has 0 radical (unpaired) electrons. The first-order chi connectivity index (χ1) is 25.9.